The van der Waals surface area contributed by atoms with Crippen molar-refractivity contribution in [3.05, 3.63) is 198 Å². The quantitative estimate of drug-likeness (QED) is 0.128. The molecule has 0 amide bonds. The van der Waals surface area contributed by atoms with Gasteiger partial charge < -0.3 is 19.0 Å². The Morgan fingerprint density at radius 1 is 0.667 bits per heavy atom. The summed E-state index contributed by atoms with van der Waals surface area (Å²) in [5, 5.41) is 2.23. The van der Waals surface area contributed by atoms with E-state index in [1.165, 1.54) is 53.5 Å². The van der Waals surface area contributed by atoms with E-state index >= 15 is 0 Å². The molecule has 10 rings (SSSR count). The summed E-state index contributed by atoms with van der Waals surface area (Å²) in [5.41, 5.74) is 15.4. The zero-order valence-corrected chi connectivity index (χ0v) is 39.0. The van der Waals surface area contributed by atoms with Crippen molar-refractivity contribution in [1.29, 1.82) is 0 Å². The zero-order chi connectivity index (χ0) is 42.5. The van der Waals surface area contributed by atoms with Crippen molar-refractivity contribution in [2.45, 2.75) is 78.1 Å². The number of fused-ring (bicyclic) bond motifs is 3. The molecule has 1 saturated carbocycles. The van der Waals surface area contributed by atoms with Gasteiger partial charge in [-0.3, -0.25) is 4.98 Å². The number of aryl methyl sites for hydroxylation is 6. The molecule has 1 aliphatic carbocycles. The third kappa shape index (κ3) is 10.5. The average molecular weight is 1000 g/mol. The topological polar surface area (TPSA) is 56.7 Å². The molecule has 1 fully saturated rings. The maximum Gasteiger partial charge on any atom is 3.00 e. The number of furan rings is 1. The van der Waals surface area contributed by atoms with E-state index in [-0.39, 0.29) is 20.1 Å². The van der Waals surface area contributed by atoms with Crippen molar-refractivity contribution in [2.75, 3.05) is 0 Å². The van der Waals surface area contributed by atoms with Crippen molar-refractivity contribution in [3.63, 3.8) is 0 Å². The minimum atomic E-state index is 0. The first-order valence-corrected chi connectivity index (χ1v) is 22.0. The maximum atomic E-state index is 5.98. The van der Waals surface area contributed by atoms with Crippen LogP contribution in [0.3, 0.4) is 0 Å². The molecule has 0 radical (unpaired) electrons. The van der Waals surface area contributed by atoms with Gasteiger partial charge in [0.1, 0.15) is 5.58 Å². The fraction of sp³-hybridized carbons (Fsp3) is 0.246. The molecule has 0 unspecified atom stereocenters. The van der Waals surface area contributed by atoms with Gasteiger partial charge in [0, 0.05) is 37.2 Å². The summed E-state index contributed by atoms with van der Waals surface area (Å²) in [6, 6.07) is 52.7. The van der Waals surface area contributed by atoms with Crippen LogP contribution in [0.1, 0.15) is 78.8 Å². The van der Waals surface area contributed by atoms with Crippen LogP contribution < -0.4 is 0 Å². The van der Waals surface area contributed by atoms with Gasteiger partial charge in [-0.1, -0.05) is 98.8 Å². The van der Waals surface area contributed by atoms with Crippen molar-refractivity contribution in [1.82, 2.24) is 19.5 Å². The molecule has 4 heterocycles. The smallest absolute Gasteiger partial charge is 0.501 e. The van der Waals surface area contributed by atoms with E-state index in [0.717, 1.165) is 81.5 Å². The Labute approximate surface area is 386 Å². The van der Waals surface area contributed by atoms with Crippen molar-refractivity contribution >= 4 is 21.9 Å². The fourth-order valence-corrected chi connectivity index (χ4v) is 8.78. The first-order chi connectivity index (χ1) is 30.2. The molecular weight excluding hydrogens is 949 g/mol. The normalized spacial score (nSPS) is 13.7. The van der Waals surface area contributed by atoms with Gasteiger partial charge >= 0.3 is 20.1 Å². The molecule has 0 atom stereocenters. The Morgan fingerprint density at radius 2 is 1.37 bits per heavy atom. The van der Waals surface area contributed by atoms with Crippen LogP contribution in [0.25, 0.3) is 55.8 Å². The van der Waals surface area contributed by atoms with E-state index in [1.807, 2.05) is 84.8 Å². The average Bonchev–Trinajstić information content (AvgIpc) is 3.92. The second kappa shape index (κ2) is 19.6. The number of benzene rings is 5. The molecule has 0 bridgehead atoms. The van der Waals surface area contributed by atoms with E-state index in [4.69, 9.17) is 9.40 Å². The van der Waals surface area contributed by atoms with E-state index in [0.29, 0.717) is 11.3 Å². The van der Waals surface area contributed by atoms with Crippen LogP contribution in [0.4, 0.5) is 0 Å². The molecule has 0 N–H and O–H groups in total. The minimum Gasteiger partial charge on any atom is -0.501 e. The molecular formula is C57H53IrN4O. The second-order valence-corrected chi connectivity index (χ2v) is 17.7. The third-order valence-electron chi connectivity index (χ3n) is 12.6. The minimum absolute atomic E-state index is 0. The van der Waals surface area contributed by atoms with Crippen molar-refractivity contribution in [3.8, 4) is 33.9 Å². The van der Waals surface area contributed by atoms with Gasteiger partial charge in [-0.25, -0.2) is 0 Å². The van der Waals surface area contributed by atoms with E-state index in [1.54, 1.807) is 11.8 Å². The molecule has 63 heavy (non-hydrogen) atoms. The number of pyridine rings is 2. The summed E-state index contributed by atoms with van der Waals surface area (Å²) in [4.78, 5) is 13.6. The van der Waals surface area contributed by atoms with E-state index in [2.05, 4.69) is 116 Å². The van der Waals surface area contributed by atoms with Crippen LogP contribution >= 0.6 is 0 Å². The summed E-state index contributed by atoms with van der Waals surface area (Å²) in [6.07, 6.45) is 16.9. The molecule has 316 valence electrons. The molecule has 9 aromatic rings. The van der Waals surface area contributed by atoms with Gasteiger partial charge in [-0.2, -0.15) is 0 Å². The number of aromatic nitrogens is 4. The van der Waals surface area contributed by atoms with Gasteiger partial charge in [0.15, 0.2) is 0 Å². The first kappa shape index (κ1) is 43.7. The predicted octanol–water partition coefficient (Wildman–Crippen LogP) is 13.8. The van der Waals surface area contributed by atoms with Crippen LogP contribution in [0.15, 0.2) is 151 Å². The molecule has 0 spiro atoms. The number of rotatable bonds is 10. The van der Waals surface area contributed by atoms with Gasteiger partial charge in [0.05, 0.1) is 11.4 Å². The summed E-state index contributed by atoms with van der Waals surface area (Å²) >= 11 is 0. The Balaban J connectivity index is 0.000000226. The predicted molar refractivity (Wildman–Crippen MR) is 253 cm³/mol. The van der Waals surface area contributed by atoms with Crippen LogP contribution in [0.2, 0.25) is 0 Å². The summed E-state index contributed by atoms with van der Waals surface area (Å²) in [6.45, 7) is 6.95. The van der Waals surface area contributed by atoms with E-state index in [9.17, 15) is 0 Å². The second-order valence-electron chi connectivity index (χ2n) is 17.7. The molecule has 5 aromatic carbocycles. The van der Waals surface area contributed by atoms with Crippen molar-refractivity contribution in [2.24, 2.45) is 12.5 Å². The Morgan fingerprint density at radius 3 is 2.03 bits per heavy atom. The number of hydrogen-bond donors (Lipinski definition) is 0. The molecule has 0 saturated heterocycles. The number of nitrogens with zero attached hydrogens (tertiary/aromatic N) is 4. The van der Waals surface area contributed by atoms with Crippen LogP contribution in [0, 0.1) is 30.5 Å². The van der Waals surface area contributed by atoms with Gasteiger partial charge in [-0.05, 0) is 102 Å². The maximum absolute atomic E-state index is 5.98. The molecule has 4 aromatic heterocycles. The Kier molecular flexibility index (Phi) is 13.6. The largest absolute Gasteiger partial charge is 3.00 e. The first-order valence-electron chi connectivity index (χ1n) is 22.0. The molecule has 6 heteroatoms. The number of imidazole rings is 1. The third-order valence-corrected chi connectivity index (χ3v) is 12.6. The summed E-state index contributed by atoms with van der Waals surface area (Å²) in [7, 11) is 1.97. The van der Waals surface area contributed by atoms with Gasteiger partial charge in [0.2, 0.25) is 0 Å². The SMILES string of the molecule is Cc1c[c-]c(-c2ccc(CCc3cc(CCc4c[c-]c(-c5ccccn5)cc4)cc(C4CCC(C)(C)CC4)c3)cn2)cc1.Cn1ccnc1-c1[c-]ccc2c1oc1ccccc12.[Ir+3]. The number of para-hydroxylation sites is 1. The van der Waals surface area contributed by atoms with E-state index < -0.39 is 0 Å². The standard InChI is InChI=1S/C41H42N2.C16H11N2O.Ir/c1-30-7-16-36(17-8-30)40-20-15-32(29-43-40)10-12-34-26-33(27-38(28-34)35-21-23-41(2,3)24-22-35)11-9-31-13-18-37(19-14-31)39-6-4-5-25-42-39;1-18-10-9-17-16(18)13-7-4-6-12-11-5-2-3-8-14(11)19-15(12)13;/h4-8,13-16,18,20,25-29,35H,9-12,21-24H2,1-3H3;2-6,8-10H,1H3;/q-2;-1;+3. The zero-order valence-electron chi connectivity index (χ0n) is 36.6. The van der Waals surface area contributed by atoms with Crippen LogP contribution in [-0.2, 0) is 52.8 Å². The summed E-state index contributed by atoms with van der Waals surface area (Å²) < 4.78 is 7.95. The summed E-state index contributed by atoms with van der Waals surface area (Å²) in [5.74, 6) is 1.54. The number of hydrogen-bond acceptors (Lipinski definition) is 4. The molecule has 1 aliphatic rings. The Bertz CT molecular complexity index is 2880. The van der Waals surface area contributed by atoms with Crippen molar-refractivity contribution < 1.29 is 24.5 Å². The monoisotopic (exact) mass is 1000 g/mol. The fourth-order valence-electron chi connectivity index (χ4n) is 8.78. The van der Waals surface area contributed by atoms with Gasteiger partial charge in [-0.15, -0.1) is 89.0 Å². The van der Waals surface area contributed by atoms with Crippen LogP contribution in [-0.4, -0.2) is 19.5 Å². The van der Waals surface area contributed by atoms with Gasteiger partial charge in [0.25, 0.3) is 0 Å². The molecule has 5 nitrogen and oxygen atoms in total. The Hall–Kier alpha value is -5.94. The molecule has 0 aliphatic heterocycles. The van der Waals surface area contributed by atoms with Crippen LogP contribution in [0.5, 0.6) is 0 Å².